The molecule has 0 aliphatic carbocycles. The van der Waals surface area contributed by atoms with Crippen LogP contribution in [0.4, 0.5) is 0 Å². The summed E-state index contributed by atoms with van der Waals surface area (Å²) in [7, 11) is 0. The fraction of sp³-hybridized carbons (Fsp3) is 0.571. The van der Waals surface area contributed by atoms with E-state index in [9.17, 15) is 0 Å². The number of benzene rings is 1. The van der Waals surface area contributed by atoms with E-state index in [-0.39, 0.29) is 0 Å². The number of nitrogens with zero attached hydrogens (tertiary/aromatic N) is 1. The lowest BCUT2D eigenvalue weighted by Crippen LogP contribution is -2.29. The molecule has 16 heavy (non-hydrogen) atoms. The van der Waals surface area contributed by atoms with Gasteiger partial charge in [-0.1, -0.05) is 43.7 Å². The molecule has 1 heterocycles. The normalized spacial score (nSPS) is 22.9. The summed E-state index contributed by atoms with van der Waals surface area (Å²) in [5, 5.41) is 3.52. The first-order valence-electron chi connectivity index (χ1n) is 6.35. The zero-order chi connectivity index (χ0) is 11.2. The van der Waals surface area contributed by atoms with Gasteiger partial charge in [-0.15, -0.1) is 0 Å². The molecule has 1 N–H and O–H groups in total. The van der Waals surface area contributed by atoms with Crippen molar-refractivity contribution in [3.63, 3.8) is 0 Å². The highest BCUT2D eigenvalue weighted by atomic mass is 15.2. The maximum absolute atomic E-state index is 3.52. The maximum atomic E-state index is 3.52. The Kier molecular flexibility index (Phi) is 4.37. The third-order valence-electron chi connectivity index (χ3n) is 3.38. The SMILES string of the molecule is CCC1CNCCN(Cc2ccccc2)C1. The minimum atomic E-state index is 0.811. The molecule has 1 aliphatic rings. The van der Waals surface area contributed by atoms with Gasteiger partial charge in [0.15, 0.2) is 0 Å². The second-order valence-electron chi connectivity index (χ2n) is 4.70. The molecule has 88 valence electrons. The Morgan fingerprint density at radius 3 is 2.88 bits per heavy atom. The second kappa shape index (κ2) is 6.02. The van der Waals surface area contributed by atoms with Crippen LogP contribution in [0.25, 0.3) is 0 Å². The van der Waals surface area contributed by atoms with Crippen LogP contribution in [0, 0.1) is 5.92 Å². The molecule has 1 aromatic carbocycles. The molecule has 2 nitrogen and oxygen atoms in total. The van der Waals surface area contributed by atoms with Crippen LogP contribution in [0.1, 0.15) is 18.9 Å². The first-order chi connectivity index (χ1) is 7.88. The monoisotopic (exact) mass is 218 g/mol. The lowest BCUT2D eigenvalue weighted by molar-refractivity contribution is 0.247. The Bertz CT molecular complexity index is 297. The predicted molar refractivity (Wildman–Crippen MR) is 68.4 cm³/mol. The molecule has 0 bridgehead atoms. The van der Waals surface area contributed by atoms with Crippen molar-refractivity contribution in [3.8, 4) is 0 Å². The molecule has 2 rings (SSSR count). The van der Waals surface area contributed by atoms with E-state index >= 15 is 0 Å². The Hall–Kier alpha value is -0.860. The quantitative estimate of drug-likeness (QED) is 0.836. The van der Waals surface area contributed by atoms with Crippen molar-refractivity contribution in [2.45, 2.75) is 19.9 Å². The summed E-state index contributed by atoms with van der Waals surface area (Å²) in [5.41, 5.74) is 1.43. The Morgan fingerprint density at radius 1 is 1.31 bits per heavy atom. The number of nitrogens with one attached hydrogen (secondary N) is 1. The van der Waals surface area contributed by atoms with E-state index in [0.717, 1.165) is 19.0 Å². The number of hydrogen-bond acceptors (Lipinski definition) is 2. The largest absolute Gasteiger partial charge is 0.315 e. The van der Waals surface area contributed by atoms with E-state index in [1.807, 2.05) is 0 Å². The van der Waals surface area contributed by atoms with Crippen LogP contribution in [0.15, 0.2) is 30.3 Å². The molecule has 0 aromatic heterocycles. The lowest BCUT2D eigenvalue weighted by atomic mass is 10.1. The van der Waals surface area contributed by atoms with Crippen molar-refractivity contribution in [1.29, 1.82) is 0 Å². The van der Waals surface area contributed by atoms with Crippen LogP contribution >= 0.6 is 0 Å². The van der Waals surface area contributed by atoms with Gasteiger partial charge in [0.2, 0.25) is 0 Å². The van der Waals surface area contributed by atoms with E-state index in [2.05, 4.69) is 47.5 Å². The Balaban J connectivity index is 1.93. The summed E-state index contributed by atoms with van der Waals surface area (Å²) in [6, 6.07) is 10.8. The standard InChI is InChI=1S/C14H22N2/c1-2-13-10-15-8-9-16(11-13)12-14-6-4-3-5-7-14/h3-7,13,15H,2,8-12H2,1H3. The van der Waals surface area contributed by atoms with Crippen molar-refractivity contribution in [1.82, 2.24) is 10.2 Å². The third kappa shape index (κ3) is 3.32. The van der Waals surface area contributed by atoms with Gasteiger partial charge in [-0.05, 0) is 18.0 Å². The molecular formula is C14H22N2. The van der Waals surface area contributed by atoms with E-state index in [4.69, 9.17) is 0 Å². The van der Waals surface area contributed by atoms with Crippen molar-refractivity contribution >= 4 is 0 Å². The topological polar surface area (TPSA) is 15.3 Å². The lowest BCUT2D eigenvalue weighted by Gasteiger charge is -2.23. The number of rotatable bonds is 3. The van der Waals surface area contributed by atoms with Gasteiger partial charge in [0, 0.05) is 26.2 Å². The molecule has 1 aromatic rings. The fourth-order valence-corrected chi connectivity index (χ4v) is 2.32. The second-order valence-corrected chi connectivity index (χ2v) is 4.70. The molecule has 1 atom stereocenters. The molecule has 0 radical (unpaired) electrons. The minimum Gasteiger partial charge on any atom is -0.315 e. The highest BCUT2D eigenvalue weighted by Crippen LogP contribution is 2.11. The smallest absolute Gasteiger partial charge is 0.0234 e. The van der Waals surface area contributed by atoms with Gasteiger partial charge in [0.25, 0.3) is 0 Å². The maximum Gasteiger partial charge on any atom is 0.0234 e. The predicted octanol–water partition coefficient (Wildman–Crippen LogP) is 2.12. The van der Waals surface area contributed by atoms with Gasteiger partial charge >= 0.3 is 0 Å². The average molecular weight is 218 g/mol. The fourth-order valence-electron chi connectivity index (χ4n) is 2.32. The van der Waals surface area contributed by atoms with E-state index in [1.165, 1.54) is 31.6 Å². The van der Waals surface area contributed by atoms with E-state index < -0.39 is 0 Å². The van der Waals surface area contributed by atoms with E-state index in [0.29, 0.717) is 0 Å². The van der Waals surface area contributed by atoms with Crippen molar-refractivity contribution in [2.75, 3.05) is 26.2 Å². The molecule has 0 amide bonds. The molecule has 0 spiro atoms. The molecule has 1 fully saturated rings. The molecule has 1 aliphatic heterocycles. The van der Waals surface area contributed by atoms with Crippen LogP contribution < -0.4 is 5.32 Å². The number of hydrogen-bond donors (Lipinski definition) is 1. The molecule has 1 saturated heterocycles. The van der Waals surface area contributed by atoms with Crippen LogP contribution in [-0.4, -0.2) is 31.1 Å². The van der Waals surface area contributed by atoms with Crippen molar-refractivity contribution in [2.24, 2.45) is 5.92 Å². The summed E-state index contributed by atoms with van der Waals surface area (Å²) >= 11 is 0. The molecular weight excluding hydrogens is 196 g/mol. The Morgan fingerprint density at radius 2 is 2.12 bits per heavy atom. The van der Waals surface area contributed by atoms with Crippen LogP contribution in [-0.2, 0) is 6.54 Å². The summed E-state index contributed by atoms with van der Waals surface area (Å²) in [6.07, 6.45) is 1.28. The molecule has 1 unspecified atom stereocenters. The molecule has 0 saturated carbocycles. The van der Waals surface area contributed by atoms with Crippen molar-refractivity contribution in [3.05, 3.63) is 35.9 Å². The summed E-state index contributed by atoms with van der Waals surface area (Å²) in [6.45, 7) is 8.10. The van der Waals surface area contributed by atoms with Crippen LogP contribution in [0.3, 0.4) is 0 Å². The van der Waals surface area contributed by atoms with Gasteiger partial charge in [-0.2, -0.15) is 0 Å². The highest BCUT2D eigenvalue weighted by Gasteiger charge is 2.16. The van der Waals surface area contributed by atoms with Gasteiger partial charge in [0.05, 0.1) is 0 Å². The highest BCUT2D eigenvalue weighted by molar-refractivity contribution is 5.14. The van der Waals surface area contributed by atoms with Crippen molar-refractivity contribution < 1.29 is 0 Å². The zero-order valence-corrected chi connectivity index (χ0v) is 10.2. The minimum absolute atomic E-state index is 0.811. The van der Waals surface area contributed by atoms with Gasteiger partial charge in [-0.3, -0.25) is 4.90 Å². The van der Waals surface area contributed by atoms with Gasteiger partial charge in [-0.25, -0.2) is 0 Å². The molecule has 2 heteroatoms. The Labute approximate surface area is 98.7 Å². The van der Waals surface area contributed by atoms with Crippen LogP contribution in [0.2, 0.25) is 0 Å². The summed E-state index contributed by atoms with van der Waals surface area (Å²) in [5.74, 6) is 0.811. The van der Waals surface area contributed by atoms with Gasteiger partial charge in [0.1, 0.15) is 0 Å². The first kappa shape index (κ1) is 11.6. The third-order valence-corrected chi connectivity index (χ3v) is 3.38. The van der Waals surface area contributed by atoms with Crippen LogP contribution in [0.5, 0.6) is 0 Å². The zero-order valence-electron chi connectivity index (χ0n) is 10.2. The van der Waals surface area contributed by atoms with E-state index in [1.54, 1.807) is 0 Å². The van der Waals surface area contributed by atoms with Gasteiger partial charge < -0.3 is 5.32 Å². The first-order valence-corrected chi connectivity index (χ1v) is 6.35. The summed E-state index contributed by atoms with van der Waals surface area (Å²) < 4.78 is 0. The average Bonchev–Trinajstić information content (AvgIpc) is 2.55. The summed E-state index contributed by atoms with van der Waals surface area (Å²) in [4.78, 5) is 2.57.